The maximum Gasteiger partial charge on any atom is 0.320 e. The van der Waals surface area contributed by atoms with Gasteiger partial charge in [0.25, 0.3) is 0 Å². The molecule has 2 amide bonds. The van der Waals surface area contributed by atoms with Gasteiger partial charge in [0, 0.05) is 38.3 Å². The van der Waals surface area contributed by atoms with Crippen molar-refractivity contribution in [2.75, 3.05) is 33.2 Å². The van der Waals surface area contributed by atoms with Crippen molar-refractivity contribution in [2.24, 2.45) is 0 Å². The van der Waals surface area contributed by atoms with E-state index in [-0.39, 0.29) is 19.0 Å². The van der Waals surface area contributed by atoms with Gasteiger partial charge in [0.2, 0.25) is 0 Å². The zero-order valence-corrected chi connectivity index (χ0v) is 12.3. The lowest BCUT2D eigenvalue weighted by Gasteiger charge is -2.43. The van der Waals surface area contributed by atoms with Gasteiger partial charge in [-0.3, -0.25) is 9.69 Å². The number of carbonyl (C=O) groups is 2. The van der Waals surface area contributed by atoms with Crippen LogP contribution in [0.4, 0.5) is 4.79 Å². The molecule has 19 heavy (non-hydrogen) atoms. The number of hydrogen-bond donors (Lipinski definition) is 1. The van der Waals surface area contributed by atoms with Gasteiger partial charge in [-0.15, -0.1) is 0 Å². The Hall–Kier alpha value is -1.30. The van der Waals surface area contributed by atoms with Crippen molar-refractivity contribution in [2.45, 2.75) is 39.3 Å². The largest absolute Gasteiger partial charge is 0.481 e. The Balaban J connectivity index is 2.62. The van der Waals surface area contributed by atoms with E-state index in [2.05, 4.69) is 25.8 Å². The molecule has 0 radical (unpaired) electrons. The summed E-state index contributed by atoms with van der Waals surface area (Å²) in [6.45, 7) is 8.29. The van der Waals surface area contributed by atoms with Gasteiger partial charge in [-0.25, -0.2) is 4.79 Å². The number of carbonyl (C=O) groups excluding carboxylic acids is 1. The highest BCUT2D eigenvalue weighted by atomic mass is 16.4. The van der Waals surface area contributed by atoms with Crippen LogP contribution in [0.25, 0.3) is 0 Å². The third kappa shape index (κ3) is 4.09. The molecule has 1 N–H and O–H groups in total. The fraction of sp³-hybridized carbons (Fsp3) is 0.846. The molecule has 1 fully saturated rings. The summed E-state index contributed by atoms with van der Waals surface area (Å²) in [4.78, 5) is 28.7. The molecule has 6 heteroatoms. The SMILES string of the molecule is CCN(CCC(=O)O)C(=O)N1CC(C)N(C)C(C)C1. The molecule has 0 aromatic heterocycles. The zero-order valence-electron chi connectivity index (χ0n) is 12.3. The Bertz CT molecular complexity index is 323. The van der Waals surface area contributed by atoms with E-state index in [1.165, 1.54) is 0 Å². The molecule has 0 aromatic rings. The highest BCUT2D eigenvalue weighted by molar-refractivity contribution is 5.75. The minimum Gasteiger partial charge on any atom is -0.481 e. The first-order chi connectivity index (χ1) is 8.86. The van der Waals surface area contributed by atoms with Crippen LogP contribution in [-0.2, 0) is 4.79 Å². The van der Waals surface area contributed by atoms with E-state index in [0.29, 0.717) is 31.7 Å². The molecular formula is C13H25N3O3. The molecule has 110 valence electrons. The number of likely N-dealkylation sites (N-methyl/N-ethyl adjacent to an activating group) is 1. The Morgan fingerprint density at radius 2 is 1.79 bits per heavy atom. The minimum atomic E-state index is -0.869. The van der Waals surface area contributed by atoms with E-state index in [4.69, 9.17) is 5.11 Å². The third-order valence-corrected chi connectivity index (χ3v) is 3.88. The molecule has 1 saturated heterocycles. The van der Waals surface area contributed by atoms with Crippen molar-refractivity contribution >= 4 is 12.0 Å². The normalized spacial score (nSPS) is 24.3. The van der Waals surface area contributed by atoms with Gasteiger partial charge in [-0.1, -0.05) is 0 Å². The van der Waals surface area contributed by atoms with Crippen LogP contribution in [0, 0.1) is 0 Å². The highest BCUT2D eigenvalue weighted by Crippen LogP contribution is 2.15. The lowest BCUT2D eigenvalue weighted by atomic mass is 10.1. The second-order valence-corrected chi connectivity index (χ2v) is 5.27. The first-order valence-electron chi connectivity index (χ1n) is 6.84. The van der Waals surface area contributed by atoms with Gasteiger partial charge in [0.05, 0.1) is 6.42 Å². The highest BCUT2D eigenvalue weighted by Gasteiger charge is 2.31. The summed E-state index contributed by atoms with van der Waals surface area (Å²) >= 11 is 0. The van der Waals surface area contributed by atoms with Crippen molar-refractivity contribution in [3.8, 4) is 0 Å². The van der Waals surface area contributed by atoms with Crippen molar-refractivity contribution in [1.82, 2.24) is 14.7 Å². The van der Waals surface area contributed by atoms with Crippen LogP contribution in [-0.4, -0.2) is 77.1 Å². The first kappa shape index (κ1) is 15.8. The summed E-state index contributed by atoms with van der Waals surface area (Å²) in [5.41, 5.74) is 0. The number of nitrogens with zero attached hydrogens (tertiary/aromatic N) is 3. The van der Waals surface area contributed by atoms with Gasteiger partial charge in [0.1, 0.15) is 0 Å². The van der Waals surface area contributed by atoms with Gasteiger partial charge < -0.3 is 14.9 Å². The summed E-state index contributed by atoms with van der Waals surface area (Å²) in [6.07, 6.45) is -0.00156. The van der Waals surface area contributed by atoms with E-state index >= 15 is 0 Å². The number of amides is 2. The number of hydrogen-bond acceptors (Lipinski definition) is 3. The molecule has 0 saturated carbocycles. The molecule has 0 bridgehead atoms. The predicted octanol–water partition coefficient (Wildman–Crippen LogP) is 0.927. The Kier molecular flexibility index (Phi) is 5.60. The number of aliphatic carboxylic acids is 1. The van der Waals surface area contributed by atoms with Crippen LogP contribution in [0.2, 0.25) is 0 Å². The molecule has 2 atom stereocenters. The number of carboxylic acid groups (broad SMARTS) is 1. The van der Waals surface area contributed by atoms with Crippen LogP contribution < -0.4 is 0 Å². The van der Waals surface area contributed by atoms with Gasteiger partial charge >= 0.3 is 12.0 Å². The molecule has 6 nitrogen and oxygen atoms in total. The molecule has 0 aromatic carbocycles. The lowest BCUT2D eigenvalue weighted by Crippen LogP contribution is -2.59. The maximum atomic E-state index is 12.4. The maximum absolute atomic E-state index is 12.4. The Labute approximate surface area is 115 Å². The van der Waals surface area contributed by atoms with E-state index in [1.54, 1.807) is 4.90 Å². The summed E-state index contributed by atoms with van der Waals surface area (Å²) in [5.74, 6) is -0.869. The van der Waals surface area contributed by atoms with Gasteiger partial charge in [-0.05, 0) is 27.8 Å². The smallest absolute Gasteiger partial charge is 0.320 e. The van der Waals surface area contributed by atoms with Crippen molar-refractivity contribution in [1.29, 1.82) is 0 Å². The first-order valence-corrected chi connectivity index (χ1v) is 6.84. The molecule has 1 aliphatic rings. The molecule has 1 heterocycles. The van der Waals surface area contributed by atoms with E-state index < -0.39 is 5.97 Å². The molecule has 1 rings (SSSR count). The average molecular weight is 271 g/mol. The monoisotopic (exact) mass is 271 g/mol. The molecule has 2 unspecified atom stereocenters. The Morgan fingerprint density at radius 1 is 1.26 bits per heavy atom. The quantitative estimate of drug-likeness (QED) is 0.826. The summed E-state index contributed by atoms with van der Waals surface area (Å²) < 4.78 is 0. The van der Waals surface area contributed by atoms with Crippen LogP contribution in [0.3, 0.4) is 0 Å². The van der Waals surface area contributed by atoms with Crippen LogP contribution in [0.15, 0.2) is 0 Å². The molecule has 1 aliphatic heterocycles. The third-order valence-electron chi connectivity index (χ3n) is 3.88. The summed E-state index contributed by atoms with van der Waals surface area (Å²) in [5, 5.41) is 8.71. The van der Waals surface area contributed by atoms with Crippen molar-refractivity contribution in [3.05, 3.63) is 0 Å². The number of piperazine rings is 1. The van der Waals surface area contributed by atoms with E-state index in [1.807, 2.05) is 11.8 Å². The predicted molar refractivity (Wildman–Crippen MR) is 73.2 cm³/mol. The fourth-order valence-electron chi connectivity index (χ4n) is 2.38. The van der Waals surface area contributed by atoms with E-state index in [0.717, 1.165) is 0 Å². The topological polar surface area (TPSA) is 64.1 Å². The number of urea groups is 1. The van der Waals surface area contributed by atoms with Crippen molar-refractivity contribution < 1.29 is 14.7 Å². The van der Waals surface area contributed by atoms with Gasteiger partial charge in [-0.2, -0.15) is 0 Å². The van der Waals surface area contributed by atoms with Crippen LogP contribution in [0.1, 0.15) is 27.2 Å². The molecule has 0 spiro atoms. The number of carboxylic acids is 1. The minimum absolute atomic E-state index is 0.00156. The summed E-state index contributed by atoms with van der Waals surface area (Å²) in [7, 11) is 2.07. The average Bonchev–Trinajstić information content (AvgIpc) is 2.35. The van der Waals surface area contributed by atoms with Gasteiger partial charge in [0.15, 0.2) is 0 Å². The summed E-state index contributed by atoms with van der Waals surface area (Å²) in [6, 6.07) is 0.604. The zero-order chi connectivity index (χ0) is 14.6. The second-order valence-electron chi connectivity index (χ2n) is 5.27. The second kappa shape index (κ2) is 6.75. The lowest BCUT2D eigenvalue weighted by molar-refractivity contribution is -0.137. The van der Waals surface area contributed by atoms with E-state index in [9.17, 15) is 9.59 Å². The van der Waals surface area contributed by atoms with Crippen LogP contribution in [0.5, 0.6) is 0 Å². The Morgan fingerprint density at radius 3 is 2.21 bits per heavy atom. The fourth-order valence-corrected chi connectivity index (χ4v) is 2.38. The number of rotatable bonds is 4. The molecular weight excluding hydrogens is 246 g/mol. The van der Waals surface area contributed by atoms with Crippen molar-refractivity contribution in [3.63, 3.8) is 0 Å². The van der Waals surface area contributed by atoms with Crippen LogP contribution >= 0.6 is 0 Å². The molecule has 0 aliphatic carbocycles. The standard InChI is InChI=1S/C13H25N3O3/c1-5-15(7-6-12(17)18)13(19)16-8-10(2)14(4)11(3)9-16/h10-11H,5-9H2,1-4H3,(H,17,18).